The van der Waals surface area contributed by atoms with Gasteiger partial charge in [0, 0.05) is 36.1 Å². The van der Waals surface area contributed by atoms with Crippen LogP contribution in [0, 0.1) is 13.8 Å². The van der Waals surface area contributed by atoms with Crippen LogP contribution in [0.15, 0.2) is 4.99 Å². The van der Waals surface area contributed by atoms with Gasteiger partial charge in [-0.15, -0.1) is 0 Å². The fourth-order valence-corrected chi connectivity index (χ4v) is 3.80. The Hall–Kier alpha value is -1.17. The van der Waals surface area contributed by atoms with Gasteiger partial charge in [0.15, 0.2) is 5.96 Å². The lowest BCUT2D eigenvalue weighted by Gasteiger charge is -2.17. The van der Waals surface area contributed by atoms with Crippen molar-refractivity contribution in [1.29, 1.82) is 0 Å². The first-order chi connectivity index (χ1) is 10.5. The third kappa shape index (κ3) is 4.18. The summed E-state index contributed by atoms with van der Waals surface area (Å²) in [6.45, 7) is 7.83. The van der Waals surface area contributed by atoms with Gasteiger partial charge in [-0.05, 0) is 46.3 Å². The van der Waals surface area contributed by atoms with Crippen LogP contribution in [0.2, 0.25) is 0 Å². The Morgan fingerprint density at radius 2 is 2.18 bits per heavy atom. The number of hydrogen-bond donors (Lipinski definition) is 2. The first-order valence-electron chi connectivity index (χ1n) is 8.11. The Bertz CT molecular complexity index is 523. The Morgan fingerprint density at radius 1 is 1.41 bits per heavy atom. The van der Waals surface area contributed by atoms with Crippen molar-refractivity contribution in [3.8, 4) is 0 Å². The molecule has 1 aliphatic carbocycles. The molecule has 2 atom stereocenters. The maximum atomic E-state index is 4.77. The monoisotopic (exact) mass is 323 g/mol. The van der Waals surface area contributed by atoms with Crippen molar-refractivity contribution in [3.05, 3.63) is 17.0 Å². The Balaban J connectivity index is 2.01. The molecule has 0 spiro atoms. The van der Waals surface area contributed by atoms with Crippen molar-refractivity contribution in [2.45, 2.75) is 57.9 Å². The quantitative estimate of drug-likeness (QED) is 0.645. The van der Waals surface area contributed by atoms with Crippen LogP contribution in [-0.4, -0.2) is 39.8 Å². The van der Waals surface area contributed by atoms with Gasteiger partial charge in [-0.3, -0.25) is 4.68 Å². The summed E-state index contributed by atoms with van der Waals surface area (Å²) in [5, 5.41) is 12.2. The molecule has 6 heteroatoms. The largest absolute Gasteiger partial charge is 0.357 e. The predicted octanol–water partition coefficient (Wildman–Crippen LogP) is 2.38. The minimum Gasteiger partial charge on any atom is -0.357 e. The summed E-state index contributed by atoms with van der Waals surface area (Å²) < 4.78 is 1.93. The first-order valence-corrected chi connectivity index (χ1v) is 9.40. The second kappa shape index (κ2) is 7.90. The Morgan fingerprint density at radius 3 is 2.73 bits per heavy atom. The molecule has 0 aliphatic heterocycles. The normalized spacial score (nSPS) is 22.1. The molecule has 1 aromatic heterocycles. The van der Waals surface area contributed by atoms with E-state index in [-0.39, 0.29) is 0 Å². The molecule has 2 unspecified atom stereocenters. The number of rotatable bonds is 5. The van der Waals surface area contributed by atoms with E-state index in [2.05, 4.69) is 42.8 Å². The summed E-state index contributed by atoms with van der Waals surface area (Å²) in [5.74, 6) is 0.928. The molecule has 2 N–H and O–H groups in total. The molecule has 0 bridgehead atoms. The van der Waals surface area contributed by atoms with E-state index in [0.29, 0.717) is 12.6 Å². The second-order valence-electron chi connectivity index (χ2n) is 5.98. The molecule has 1 saturated carbocycles. The van der Waals surface area contributed by atoms with Gasteiger partial charge in [-0.1, -0.05) is 0 Å². The molecule has 1 fully saturated rings. The predicted molar refractivity (Wildman–Crippen MR) is 95.6 cm³/mol. The molecule has 1 heterocycles. The van der Waals surface area contributed by atoms with Crippen molar-refractivity contribution < 1.29 is 0 Å². The summed E-state index contributed by atoms with van der Waals surface area (Å²) >= 11 is 1.98. The van der Waals surface area contributed by atoms with E-state index in [1.165, 1.54) is 30.5 Å². The topological polar surface area (TPSA) is 54.2 Å². The van der Waals surface area contributed by atoms with E-state index in [0.717, 1.165) is 23.4 Å². The number of guanidine groups is 1. The summed E-state index contributed by atoms with van der Waals surface area (Å²) in [7, 11) is 1.99. The number of thioether (sulfide) groups is 1. The first kappa shape index (κ1) is 17.2. The summed E-state index contributed by atoms with van der Waals surface area (Å²) in [6.07, 6.45) is 5.98. The van der Waals surface area contributed by atoms with Gasteiger partial charge in [0.25, 0.3) is 0 Å². The summed E-state index contributed by atoms with van der Waals surface area (Å²) in [6, 6.07) is 0.548. The molecule has 0 radical (unpaired) electrons. The van der Waals surface area contributed by atoms with Crippen molar-refractivity contribution in [1.82, 2.24) is 20.4 Å². The van der Waals surface area contributed by atoms with Gasteiger partial charge >= 0.3 is 0 Å². The standard InChI is InChI=1S/C16H29N5S/c1-6-17-16(19-13-7-8-14(9-13)22-5)18-10-15-11(2)20-21(4)12(15)3/h13-14H,6-10H2,1-5H3,(H2,17,18,19). The molecule has 2 rings (SSSR count). The fraction of sp³-hybridized carbons (Fsp3) is 0.750. The van der Waals surface area contributed by atoms with Crippen molar-refractivity contribution in [3.63, 3.8) is 0 Å². The van der Waals surface area contributed by atoms with Crippen molar-refractivity contribution in [2.75, 3.05) is 12.8 Å². The third-order valence-electron chi connectivity index (χ3n) is 4.46. The van der Waals surface area contributed by atoms with Gasteiger partial charge in [0.2, 0.25) is 0 Å². The fourth-order valence-electron chi connectivity index (χ4n) is 3.00. The van der Waals surface area contributed by atoms with E-state index >= 15 is 0 Å². The Labute approximate surface area is 138 Å². The van der Waals surface area contributed by atoms with E-state index in [9.17, 15) is 0 Å². The smallest absolute Gasteiger partial charge is 0.191 e. The van der Waals surface area contributed by atoms with Gasteiger partial charge in [0.05, 0.1) is 12.2 Å². The lowest BCUT2D eigenvalue weighted by molar-refractivity contribution is 0.615. The van der Waals surface area contributed by atoms with Crippen LogP contribution in [0.1, 0.15) is 43.1 Å². The molecule has 22 heavy (non-hydrogen) atoms. The number of nitrogens with zero attached hydrogens (tertiary/aromatic N) is 3. The highest BCUT2D eigenvalue weighted by Crippen LogP contribution is 2.28. The molecule has 1 aromatic rings. The lowest BCUT2D eigenvalue weighted by atomic mass is 10.2. The van der Waals surface area contributed by atoms with E-state index < -0.39 is 0 Å². The highest BCUT2D eigenvalue weighted by Gasteiger charge is 2.24. The number of nitrogens with one attached hydrogen (secondary N) is 2. The van der Waals surface area contributed by atoms with E-state index in [1.807, 2.05) is 23.5 Å². The molecule has 1 aliphatic rings. The summed E-state index contributed by atoms with van der Waals surface area (Å²) in [4.78, 5) is 4.77. The number of hydrogen-bond acceptors (Lipinski definition) is 3. The van der Waals surface area contributed by atoms with E-state index in [4.69, 9.17) is 4.99 Å². The average Bonchev–Trinajstić information content (AvgIpc) is 3.03. The van der Waals surface area contributed by atoms with Crippen LogP contribution in [0.25, 0.3) is 0 Å². The number of aliphatic imine (C=N–C) groups is 1. The molecule has 0 aromatic carbocycles. The maximum absolute atomic E-state index is 4.77. The zero-order valence-corrected chi connectivity index (χ0v) is 15.3. The van der Waals surface area contributed by atoms with Gasteiger partial charge in [0.1, 0.15) is 0 Å². The van der Waals surface area contributed by atoms with Crippen LogP contribution < -0.4 is 10.6 Å². The van der Waals surface area contributed by atoms with E-state index in [1.54, 1.807) is 0 Å². The molecule has 0 amide bonds. The number of aryl methyl sites for hydroxylation is 2. The highest BCUT2D eigenvalue weighted by atomic mass is 32.2. The van der Waals surface area contributed by atoms with Gasteiger partial charge in [-0.25, -0.2) is 4.99 Å². The van der Waals surface area contributed by atoms with Gasteiger partial charge < -0.3 is 10.6 Å². The minimum absolute atomic E-state index is 0.548. The average molecular weight is 324 g/mol. The Kier molecular flexibility index (Phi) is 6.17. The van der Waals surface area contributed by atoms with Crippen molar-refractivity contribution in [2.24, 2.45) is 12.0 Å². The zero-order valence-electron chi connectivity index (χ0n) is 14.4. The van der Waals surface area contributed by atoms with Crippen LogP contribution in [0.3, 0.4) is 0 Å². The molecule has 5 nitrogen and oxygen atoms in total. The van der Waals surface area contributed by atoms with Crippen LogP contribution in [0.5, 0.6) is 0 Å². The molecule has 124 valence electrons. The molecule has 0 saturated heterocycles. The zero-order chi connectivity index (χ0) is 16.1. The second-order valence-corrected chi connectivity index (χ2v) is 7.12. The lowest BCUT2D eigenvalue weighted by Crippen LogP contribution is -2.42. The van der Waals surface area contributed by atoms with Gasteiger partial charge in [-0.2, -0.15) is 16.9 Å². The minimum atomic E-state index is 0.548. The van der Waals surface area contributed by atoms with Crippen LogP contribution in [-0.2, 0) is 13.6 Å². The van der Waals surface area contributed by atoms with Crippen LogP contribution in [0.4, 0.5) is 0 Å². The molecular weight excluding hydrogens is 294 g/mol. The highest BCUT2D eigenvalue weighted by molar-refractivity contribution is 7.99. The third-order valence-corrected chi connectivity index (χ3v) is 5.55. The van der Waals surface area contributed by atoms with Crippen LogP contribution >= 0.6 is 11.8 Å². The molecular formula is C16H29N5S. The summed E-state index contributed by atoms with van der Waals surface area (Å²) in [5.41, 5.74) is 3.50. The van der Waals surface area contributed by atoms with Crippen molar-refractivity contribution >= 4 is 17.7 Å². The maximum Gasteiger partial charge on any atom is 0.191 e. The SMILES string of the molecule is CCNC(=NCc1c(C)nn(C)c1C)NC1CCC(SC)C1. The number of aromatic nitrogens is 2.